The number of carboxylic acid groups (broad SMARTS) is 1. The summed E-state index contributed by atoms with van der Waals surface area (Å²) in [5.41, 5.74) is 5.86. The highest BCUT2D eigenvalue weighted by molar-refractivity contribution is 5.94. The third-order valence-corrected chi connectivity index (χ3v) is 2.89. The Morgan fingerprint density at radius 1 is 1.50 bits per heavy atom. The average molecular weight is 251 g/mol. The second kappa shape index (κ2) is 4.81. The van der Waals surface area contributed by atoms with Gasteiger partial charge >= 0.3 is 5.97 Å². The number of anilines is 2. The van der Waals surface area contributed by atoms with Crippen LogP contribution in [0.25, 0.3) is 0 Å². The molecule has 1 fully saturated rings. The third kappa shape index (κ3) is 2.53. The maximum Gasteiger partial charge on any atom is 0.337 e. The fourth-order valence-electron chi connectivity index (χ4n) is 2.18. The molecule has 6 nitrogen and oxygen atoms in total. The average Bonchev–Trinajstić information content (AvgIpc) is 2.27. The molecule has 0 aromatic carbocycles. The minimum Gasteiger partial charge on any atom is -0.478 e. The highest BCUT2D eigenvalue weighted by Crippen LogP contribution is 2.21. The second-order valence-electron chi connectivity index (χ2n) is 4.60. The Bertz CT molecular complexity index is 454. The van der Waals surface area contributed by atoms with Crippen LogP contribution in [0.2, 0.25) is 0 Å². The van der Waals surface area contributed by atoms with Gasteiger partial charge in [-0.2, -0.15) is 0 Å². The van der Waals surface area contributed by atoms with Crippen molar-refractivity contribution >= 4 is 17.5 Å². The van der Waals surface area contributed by atoms with Crippen LogP contribution in [0.3, 0.4) is 0 Å². The van der Waals surface area contributed by atoms with E-state index in [0.29, 0.717) is 18.9 Å². The van der Waals surface area contributed by atoms with Crippen molar-refractivity contribution < 1.29 is 14.6 Å². The zero-order chi connectivity index (χ0) is 13.3. The molecule has 1 aliphatic rings. The van der Waals surface area contributed by atoms with E-state index in [-0.39, 0.29) is 23.5 Å². The van der Waals surface area contributed by atoms with Gasteiger partial charge in [-0.15, -0.1) is 0 Å². The molecule has 0 radical (unpaired) electrons. The standard InChI is InChI=1S/C12H17N3O3/c1-7-5-15(6-8(2)18-7)11-3-9(12(16)17)10(13)4-14-11/h3-4,7-8H,5-6,13H2,1-2H3,(H,16,17)/t7-,8+. The van der Waals surface area contributed by atoms with Crippen molar-refractivity contribution in [1.82, 2.24) is 4.98 Å². The molecule has 1 aromatic heterocycles. The SMILES string of the molecule is C[C@@H]1CN(c2cc(C(=O)O)c(N)cn2)C[C@H](C)O1. The summed E-state index contributed by atoms with van der Waals surface area (Å²) in [6, 6.07) is 1.52. The van der Waals surface area contributed by atoms with Gasteiger partial charge in [-0.05, 0) is 19.9 Å². The normalized spacial score (nSPS) is 24.0. The number of carboxylic acids is 1. The number of nitrogen functional groups attached to an aromatic ring is 1. The number of pyridine rings is 1. The summed E-state index contributed by atoms with van der Waals surface area (Å²) in [7, 11) is 0. The van der Waals surface area contributed by atoms with Crippen LogP contribution in [0.15, 0.2) is 12.3 Å². The predicted molar refractivity (Wildman–Crippen MR) is 67.8 cm³/mol. The summed E-state index contributed by atoms with van der Waals surface area (Å²) in [5, 5.41) is 9.04. The summed E-state index contributed by atoms with van der Waals surface area (Å²) in [4.78, 5) is 17.2. The van der Waals surface area contributed by atoms with E-state index in [0.717, 1.165) is 0 Å². The van der Waals surface area contributed by atoms with Crippen molar-refractivity contribution in [1.29, 1.82) is 0 Å². The molecule has 2 heterocycles. The van der Waals surface area contributed by atoms with Gasteiger partial charge in [0.2, 0.25) is 0 Å². The van der Waals surface area contributed by atoms with Crippen molar-refractivity contribution in [2.45, 2.75) is 26.1 Å². The van der Waals surface area contributed by atoms with Crippen LogP contribution < -0.4 is 10.6 Å². The molecular formula is C12H17N3O3. The molecule has 1 aromatic rings. The molecule has 98 valence electrons. The predicted octanol–water partition coefficient (Wildman–Crippen LogP) is 0.976. The highest BCUT2D eigenvalue weighted by atomic mass is 16.5. The van der Waals surface area contributed by atoms with Crippen molar-refractivity contribution in [3.63, 3.8) is 0 Å². The van der Waals surface area contributed by atoms with Crippen LogP contribution in [0.4, 0.5) is 11.5 Å². The second-order valence-corrected chi connectivity index (χ2v) is 4.60. The Morgan fingerprint density at radius 2 is 2.11 bits per heavy atom. The largest absolute Gasteiger partial charge is 0.478 e. The lowest BCUT2D eigenvalue weighted by molar-refractivity contribution is -0.00545. The van der Waals surface area contributed by atoms with Gasteiger partial charge in [0.15, 0.2) is 0 Å². The fraction of sp³-hybridized carbons (Fsp3) is 0.500. The van der Waals surface area contributed by atoms with Crippen molar-refractivity contribution in [3.8, 4) is 0 Å². The number of hydrogen-bond donors (Lipinski definition) is 2. The summed E-state index contributed by atoms with van der Waals surface area (Å²) >= 11 is 0. The Morgan fingerprint density at radius 3 is 2.67 bits per heavy atom. The number of aromatic carboxylic acids is 1. The summed E-state index contributed by atoms with van der Waals surface area (Å²) in [5.74, 6) is -0.408. The quantitative estimate of drug-likeness (QED) is 0.814. The lowest BCUT2D eigenvalue weighted by Gasteiger charge is -2.36. The first-order chi connectivity index (χ1) is 8.47. The zero-order valence-electron chi connectivity index (χ0n) is 10.5. The minimum absolute atomic E-state index is 0.0896. The van der Waals surface area contributed by atoms with Crippen LogP contribution in [0, 0.1) is 0 Å². The topological polar surface area (TPSA) is 88.7 Å². The molecule has 2 atom stereocenters. The molecule has 0 bridgehead atoms. The number of aromatic nitrogens is 1. The van der Waals surface area contributed by atoms with Gasteiger partial charge in [-0.3, -0.25) is 0 Å². The van der Waals surface area contributed by atoms with Gasteiger partial charge in [0.1, 0.15) is 5.82 Å². The first-order valence-electron chi connectivity index (χ1n) is 5.86. The molecule has 0 aliphatic carbocycles. The molecule has 0 amide bonds. The van der Waals surface area contributed by atoms with Crippen molar-refractivity contribution in [3.05, 3.63) is 17.8 Å². The summed E-state index contributed by atoms with van der Waals surface area (Å²) in [6.45, 7) is 5.36. The summed E-state index contributed by atoms with van der Waals surface area (Å²) < 4.78 is 5.63. The summed E-state index contributed by atoms with van der Waals surface area (Å²) in [6.07, 6.45) is 1.59. The van der Waals surface area contributed by atoms with E-state index in [4.69, 9.17) is 15.6 Å². The first kappa shape index (κ1) is 12.6. The van der Waals surface area contributed by atoms with Crippen LogP contribution in [-0.2, 0) is 4.74 Å². The van der Waals surface area contributed by atoms with E-state index in [9.17, 15) is 4.79 Å². The van der Waals surface area contributed by atoms with Crippen LogP contribution in [0.1, 0.15) is 24.2 Å². The number of rotatable bonds is 2. The van der Waals surface area contributed by atoms with Gasteiger partial charge in [0, 0.05) is 13.1 Å². The Labute approximate surface area is 105 Å². The third-order valence-electron chi connectivity index (χ3n) is 2.89. The molecule has 2 rings (SSSR count). The van der Waals surface area contributed by atoms with Gasteiger partial charge in [-0.25, -0.2) is 9.78 Å². The number of nitrogens with zero attached hydrogens (tertiary/aromatic N) is 2. The van der Waals surface area contributed by atoms with E-state index < -0.39 is 5.97 Å². The van der Waals surface area contributed by atoms with Gasteiger partial charge in [0.05, 0.1) is 29.7 Å². The highest BCUT2D eigenvalue weighted by Gasteiger charge is 2.24. The maximum atomic E-state index is 11.0. The first-order valence-corrected chi connectivity index (χ1v) is 5.86. The Hall–Kier alpha value is -1.82. The Balaban J connectivity index is 2.28. The van der Waals surface area contributed by atoms with Crippen molar-refractivity contribution in [2.24, 2.45) is 0 Å². The molecule has 0 spiro atoms. The van der Waals surface area contributed by atoms with E-state index in [1.165, 1.54) is 12.3 Å². The molecule has 3 N–H and O–H groups in total. The molecule has 18 heavy (non-hydrogen) atoms. The van der Waals surface area contributed by atoms with Crippen molar-refractivity contribution in [2.75, 3.05) is 23.7 Å². The van der Waals surface area contributed by atoms with Gasteiger partial charge in [-0.1, -0.05) is 0 Å². The smallest absolute Gasteiger partial charge is 0.337 e. The van der Waals surface area contributed by atoms with Gasteiger partial charge < -0.3 is 20.5 Å². The zero-order valence-corrected chi connectivity index (χ0v) is 10.5. The number of carbonyl (C=O) groups is 1. The lowest BCUT2D eigenvalue weighted by Crippen LogP contribution is -2.45. The monoisotopic (exact) mass is 251 g/mol. The van der Waals surface area contributed by atoms with E-state index >= 15 is 0 Å². The van der Waals surface area contributed by atoms with Gasteiger partial charge in [0.25, 0.3) is 0 Å². The number of nitrogens with two attached hydrogens (primary N) is 1. The van der Waals surface area contributed by atoms with E-state index in [2.05, 4.69) is 4.98 Å². The van der Waals surface area contributed by atoms with Crippen LogP contribution in [0.5, 0.6) is 0 Å². The molecular weight excluding hydrogens is 234 g/mol. The van der Waals surface area contributed by atoms with E-state index in [1.54, 1.807) is 0 Å². The molecule has 1 saturated heterocycles. The number of hydrogen-bond acceptors (Lipinski definition) is 5. The molecule has 0 unspecified atom stereocenters. The lowest BCUT2D eigenvalue weighted by atomic mass is 10.2. The number of morpholine rings is 1. The fourth-order valence-corrected chi connectivity index (χ4v) is 2.18. The Kier molecular flexibility index (Phi) is 3.38. The molecule has 1 aliphatic heterocycles. The van der Waals surface area contributed by atoms with E-state index in [1.807, 2.05) is 18.7 Å². The number of ether oxygens (including phenoxy) is 1. The molecule has 0 saturated carbocycles. The minimum atomic E-state index is -1.04. The molecule has 6 heteroatoms. The maximum absolute atomic E-state index is 11.0. The van der Waals surface area contributed by atoms with Crippen LogP contribution in [-0.4, -0.2) is 41.4 Å². The van der Waals surface area contributed by atoms with Crippen LogP contribution >= 0.6 is 0 Å².